The second kappa shape index (κ2) is 11.3. The highest BCUT2D eigenvalue weighted by Crippen LogP contribution is 2.25. The van der Waals surface area contributed by atoms with Crippen molar-refractivity contribution < 1.29 is 14.3 Å². The molecule has 0 spiro atoms. The van der Waals surface area contributed by atoms with Gasteiger partial charge >= 0.3 is 6.09 Å². The zero-order chi connectivity index (χ0) is 28.3. The lowest BCUT2D eigenvalue weighted by atomic mass is 9.97. The Bertz CT molecular complexity index is 1500. The van der Waals surface area contributed by atoms with Crippen molar-refractivity contribution in [3.8, 4) is 5.82 Å². The molecule has 40 heavy (non-hydrogen) atoms. The number of fused-ring (bicyclic) bond motifs is 1. The van der Waals surface area contributed by atoms with E-state index >= 15 is 0 Å². The Labute approximate surface area is 233 Å². The van der Waals surface area contributed by atoms with Gasteiger partial charge in [-0.3, -0.25) is 9.36 Å². The average molecular weight is 542 g/mol. The van der Waals surface area contributed by atoms with E-state index in [1.54, 1.807) is 17.4 Å². The van der Waals surface area contributed by atoms with Gasteiger partial charge in [-0.05, 0) is 70.4 Å². The molecule has 0 radical (unpaired) electrons. The third-order valence-corrected chi connectivity index (χ3v) is 6.79. The number of ether oxygens (including phenoxy) is 1. The number of piperidine rings is 1. The fourth-order valence-electron chi connectivity index (χ4n) is 4.77. The average Bonchev–Trinajstić information content (AvgIpc) is 3.36. The molecule has 2 N–H and O–H groups in total. The molecule has 1 saturated heterocycles. The minimum absolute atomic E-state index is 0.0440. The molecule has 2 aromatic heterocycles. The number of carbonyl (C=O) groups excluding carboxylic acids is 2. The van der Waals surface area contributed by atoms with Gasteiger partial charge in [-0.2, -0.15) is 4.98 Å². The number of carbonyl (C=O) groups is 2. The Hall–Kier alpha value is -4.47. The van der Waals surface area contributed by atoms with Gasteiger partial charge in [0.05, 0.1) is 23.0 Å². The summed E-state index contributed by atoms with van der Waals surface area (Å²) in [5.74, 6) is 0.778. The van der Waals surface area contributed by atoms with Gasteiger partial charge in [-0.1, -0.05) is 30.3 Å². The van der Waals surface area contributed by atoms with Crippen molar-refractivity contribution in [1.29, 1.82) is 0 Å². The Balaban J connectivity index is 1.26. The zero-order valence-electron chi connectivity index (χ0n) is 23.3. The van der Waals surface area contributed by atoms with Crippen LogP contribution in [0.4, 0.5) is 16.4 Å². The summed E-state index contributed by atoms with van der Waals surface area (Å²) in [6.07, 6.45) is 4.51. The maximum absolute atomic E-state index is 13.1. The number of hydrogen-bond acceptors (Lipinski definition) is 7. The standard InChI is InChI=1S/C30H35N7O3/c1-20(21-9-6-5-7-10-21)33-28-31-15-14-26(35-28)37-19-32-24-17-23(12-13-25(24)37)34-27(38)22-11-8-16-36(18-22)29(39)40-30(2,3)4/h5-7,9-10,12-15,17,19-20,22H,8,11,16,18H2,1-4H3,(H,34,38)(H,31,33,35)/t20-,22?/m0/s1. The number of imidazole rings is 1. The van der Waals surface area contributed by atoms with Crippen molar-refractivity contribution >= 4 is 34.7 Å². The number of nitrogens with zero attached hydrogens (tertiary/aromatic N) is 5. The predicted molar refractivity (Wildman–Crippen MR) is 154 cm³/mol. The van der Waals surface area contributed by atoms with E-state index in [9.17, 15) is 9.59 Å². The molecule has 2 atom stereocenters. The summed E-state index contributed by atoms with van der Waals surface area (Å²) in [6, 6.07) is 17.6. The molecule has 10 heteroatoms. The Morgan fingerprint density at radius 3 is 2.65 bits per heavy atom. The summed E-state index contributed by atoms with van der Waals surface area (Å²) >= 11 is 0. The monoisotopic (exact) mass is 541 g/mol. The van der Waals surface area contributed by atoms with Gasteiger partial charge in [-0.25, -0.2) is 14.8 Å². The number of anilines is 2. The van der Waals surface area contributed by atoms with Crippen LogP contribution in [0.15, 0.2) is 67.1 Å². The van der Waals surface area contributed by atoms with Gasteiger partial charge < -0.3 is 20.3 Å². The van der Waals surface area contributed by atoms with Crippen LogP contribution in [0.2, 0.25) is 0 Å². The normalized spacial score (nSPS) is 16.4. The van der Waals surface area contributed by atoms with Crippen LogP contribution >= 0.6 is 0 Å². The molecule has 3 heterocycles. The van der Waals surface area contributed by atoms with E-state index in [-0.39, 0.29) is 24.0 Å². The molecule has 1 aliphatic rings. The van der Waals surface area contributed by atoms with Crippen LogP contribution in [0.5, 0.6) is 0 Å². The van der Waals surface area contributed by atoms with Crippen molar-refractivity contribution in [1.82, 2.24) is 24.4 Å². The smallest absolute Gasteiger partial charge is 0.410 e. The lowest BCUT2D eigenvalue weighted by molar-refractivity contribution is -0.121. The fourth-order valence-corrected chi connectivity index (χ4v) is 4.77. The summed E-state index contributed by atoms with van der Waals surface area (Å²) in [6.45, 7) is 8.50. The van der Waals surface area contributed by atoms with Gasteiger partial charge in [0.2, 0.25) is 11.9 Å². The summed E-state index contributed by atoms with van der Waals surface area (Å²) in [7, 11) is 0. The van der Waals surface area contributed by atoms with E-state index in [1.165, 1.54) is 0 Å². The highest BCUT2D eigenvalue weighted by atomic mass is 16.6. The first kappa shape index (κ1) is 27.1. The van der Waals surface area contributed by atoms with E-state index < -0.39 is 5.60 Å². The second-order valence-electron chi connectivity index (χ2n) is 11.1. The van der Waals surface area contributed by atoms with Gasteiger partial charge in [0.1, 0.15) is 17.7 Å². The maximum atomic E-state index is 13.1. The molecule has 0 saturated carbocycles. The largest absolute Gasteiger partial charge is 0.444 e. The van der Waals surface area contributed by atoms with Crippen LogP contribution in [0, 0.1) is 5.92 Å². The van der Waals surface area contributed by atoms with Crippen molar-refractivity contribution in [3.63, 3.8) is 0 Å². The van der Waals surface area contributed by atoms with Gasteiger partial charge in [-0.15, -0.1) is 0 Å². The number of rotatable bonds is 6. The number of benzene rings is 2. The minimum atomic E-state index is -0.574. The predicted octanol–water partition coefficient (Wildman–Crippen LogP) is 5.57. The summed E-state index contributed by atoms with van der Waals surface area (Å²) < 4.78 is 7.38. The fraction of sp³-hybridized carbons (Fsp3) is 0.367. The molecule has 4 aromatic rings. The van der Waals surface area contributed by atoms with Crippen molar-refractivity contribution in [2.45, 2.75) is 52.2 Å². The molecule has 1 unspecified atom stereocenters. The molecule has 1 fully saturated rings. The second-order valence-corrected chi connectivity index (χ2v) is 11.1. The highest BCUT2D eigenvalue weighted by Gasteiger charge is 2.31. The number of amides is 2. The van der Waals surface area contributed by atoms with E-state index in [2.05, 4.69) is 39.7 Å². The Morgan fingerprint density at radius 2 is 1.88 bits per heavy atom. The summed E-state index contributed by atoms with van der Waals surface area (Å²) in [5.41, 5.74) is 2.80. The van der Waals surface area contributed by atoms with Crippen LogP contribution in [0.1, 0.15) is 52.1 Å². The molecule has 1 aliphatic heterocycles. The Kier molecular flexibility index (Phi) is 7.68. The van der Waals surface area contributed by atoms with Crippen LogP contribution in [-0.2, 0) is 9.53 Å². The van der Waals surface area contributed by atoms with Gasteiger partial charge in [0, 0.05) is 25.0 Å². The van der Waals surface area contributed by atoms with E-state index in [0.29, 0.717) is 30.5 Å². The highest BCUT2D eigenvalue weighted by molar-refractivity contribution is 5.95. The SMILES string of the molecule is C[C@H](Nc1nccc(-n2cnc3cc(NC(=O)C4CCCN(C(=O)OC(C)(C)C)C4)ccc32)n1)c1ccccc1. The third kappa shape index (κ3) is 6.39. The van der Waals surface area contributed by atoms with Crippen LogP contribution in [0.25, 0.3) is 16.9 Å². The molecule has 0 aliphatic carbocycles. The third-order valence-electron chi connectivity index (χ3n) is 6.79. The topological polar surface area (TPSA) is 114 Å². The lowest BCUT2D eigenvalue weighted by Gasteiger charge is -2.33. The molecule has 2 aromatic carbocycles. The van der Waals surface area contributed by atoms with Gasteiger partial charge in [0.15, 0.2) is 0 Å². The Morgan fingerprint density at radius 1 is 1.07 bits per heavy atom. The number of hydrogen-bond donors (Lipinski definition) is 2. The van der Waals surface area contributed by atoms with Crippen LogP contribution < -0.4 is 10.6 Å². The molecular formula is C30H35N7O3. The maximum Gasteiger partial charge on any atom is 0.410 e. The molecule has 0 bridgehead atoms. The lowest BCUT2D eigenvalue weighted by Crippen LogP contribution is -2.45. The van der Waals surface area contributed by atoms with Crippen LogP contribution in [0.3, 0.4) is 0 Å². The van der Waals surface area contributed by atoms with Crippen molar-refractivity contribution in [2.24, 2.45) is 5.92 Å². The van der Waals surface area contributed by atoms with E-state index in [0.717, 1.165) is 29.4 Å². The molecule has 208 valence electrons. The first-order chi connectivity index (χ1) is 19.2. The summed E-state index contributed by atoms with van der Waals surface area (Å²) in [5, 5.41) is 6.36. The molecule has 5 rings (SSSR count). The van der Waals surface area contributed by atoms with Crippen LogP contribution in [-0.4, -0.2) is 55.1 Å². The van der Waals surface area contributed by atoms with Gasteiger partial charge in [0.25, 0.3) is 0 Å². The summed E-state index contributed by atoms with van der Waals surface area (Å²) in [4.78, 5) is 40.8. The number of likely N-dealkylation sites (tertiary alicyclic amines) is 1. The quantitative estimate of drug-likeness (QED) is 0.328. The minimum Gasteiger partial charge on any atom is -0.444 e. The van der Waals surface area contributed by atoms with Crippen molar-refractivity contribution in [3.05, 3.63) is 72.7 Å². The first-order valence-corrected chi connectivity index (χ1v) is 13.6. The molecule has 10 nitrogen and oxygen atoms in total. The number of aromatic nitrogens is 4. The van der Waals surface area contributed by atoms with E-state index in [1.807, 2.05) is 67.8 Å². The first-order valence-electron chi connectivity index (χ1n) is 13.6. The van der Waals surface area contributed by atoms with Crippen molar-refractivity contribution in [2.75, 3.05) is 23.7 Å². The van der Waals surface area contributed by atoms with E-state index in [4.69, 9.17) is 9.72 Å². The molecular weight excluding hydrogens is 506 g/mol. The molecule has 2 amide bonds. The number of nitrogens with one attached hydrogen (secondary N) is 2. The zero-order valence-corrected chi connectivity index (χ0v) is 23.3.